The van der Waals surface area contributed by atoms with Gasteiger partial charge in [0.25, 0.3) is 10.2 Å². The third kappa shape index (κ3) is 5.78. The van der Waals surface area contributed by atoms with Gasteiger partial charge in [-0.2, -0.15) is 17.0 Å². The van der Waals surface area contributed by atoms with E-state index in [1.165, 1.54) is 15.7 Å². The number of unbranched alkanes of at least 4 members (excludes halogenated alkanes) is 1. The van der Waals surface area contributed by atoms with Crippen LogP contribution >= 0.6 is 0 Å². The van der Waals surface area contributed by atoms with Crippen molar-refractivity contribution in [2.75, 3.05) is 47.0 Å². The first kappa shape index (κ1) is 16.8. The van der Waals surface area contributed by atoms with E-state index in [1.54, 1.807) is 7.05 Å². The van der Waals surface area contributed by atoms with Crippen LogP contribution in [-0.2, 0) is 14.9 Å². The largest absolute Gasteiger partial charge is 0.395 e. The maximum Gasteiger partial charge on any atom is 0.281 e. The third-order valence-corrected chi connectivity index (χ3v) is 4.43. The lowest BCUT2D eigenvalue weighted by Crippen LogP contribution is -2.44. The van der Waals surface area contributed by atoms with Crippen LogP contribution < -0.4 is 0 Å². The molecule has 0 spiro atoms. The van der Waals surface area contributed by atoms with E-state index >= 15 is 0 Å². The zero-order chi connectivity index (χ0) is 13.3. The smallest absolute Gasteiger partial charge is 0.281 e. The van der Waals surface area contributed by atoms with Gasteiger partial charge in [-0.1, -0.05) is 13.3 Å². The van der Waals surface area contributed by atoms with Gasteiger partial charge >= 0.3 is 0 Å². The van der Waals surface area contributed by atoms with E-state index in [2.05, 4.69) is 0 Å². The summed E-state index contributed by atoms with van der Waals surface area (Å²) in [5, 5.41) is 8.89. The van der Waals surface area contributed by atoms with Crippen molar-refractivity contribution in [1.29, 1.82) is 0 Å². The molecule has 0 amide bonds. The van der Waals surface area contributed by atoms with Gasteiger partial charge in [0.05, 0.1) is 13.2 Å². The van der Waals surface area contributed by atoms with Crippen molar-refractivity contribution in [2.45, 2.75) is 19.8 Å². The molecule has 0 saturated carbocycles. The Kier molecular flexibility index (Phi) is 8.71. The number of aliphatic hydroxyl groups is 1. The zero-order valence-corrected chi connectivity index (χ0v) is 11.7. The van der Waals surface area contributed by atoms with E-state index in [0.29, 0.717) is 13.2 Å². The van der Waals surface area contributed by atoms with E-state index in [0.717, 1.165) is 12.8 Å². The summed E-state index contributed by atoms with van der Waals surface area (Å²) >= 11 is 0. The third-order valence-electron chi connectivity index (χ3n) is 2.44. The Morgan fingerprint density at radius 1 is 1.24 bits per heavy atom. The van der Waals surface area contributed by atoms with Gasteiger partial charge in [0.2, 0.25) is 0 Å². The highest BCUT2D eigenvalue weighted by molar-refractivity contribution is 7.86. The van der Waals surface area contributed by atoms with E-state index in [1.807, 2.05) is 6.92 Å². The summed E-state index contributed by atoms with van der Waals surface area (Å²) in [4.78, 5) is 0. The standard InChI is InChI=1S/C10H24N2O4S/c1-4-5-6-11(2)17(14,15)12(7-9-13)8-10-16-3/h13H,4-10H2,1-3H3. The van der Waals surface area contributed by atoms with Crippen molar-refractivity contribution in [2.24, 2.45) is 0 Å². The second-order valence-corrected chi connectivity index (χ2v) is 5.83. The first-order valence-corrected chi connectivity index (χ1v) is 7.21. The van der Waals surface area contributed by atoms with Gasteiger partial charge in [0, 0.05) is 33.8 Å². The first-order chi connectivity index (χ1) is 8.00. The normalized spacial score (nSPS) is 12.6. The molecule has 0 heterocycles. The van der Waals surface area contributed by atoms with Crippen LogP contribution in [0.5, 0.6) is 0 Å². The molecule has 0 fully saturated rings. The molecule has 1 N–H and O–H groups in total. The molecule has 0 unspecified atom stereocenters. The van der Waals surface area contributed by atoms with E-state index < -0.39 is 10.2 Å². The fourth-order valence-corrected chi connectivity index (χ4v) is 2.71. The summed E-state index contributed by atoms with van der Waals surface area (Å²) < 4.78 is 31.7. The quantitative estimate of drug-likeness (QED) is 0.601. The predicted octanol–water partition coefficient (Wildman–Crippen LogP) is -0.0962. The minimum Gasteiger partial charge on any atom is -0.395 e. The topological polar surface area (TPSA) is 70.1 Å². The molecule has 0 aromatic rings. The maximum atomic E-state index is 12.1. The highest BCUT2D eigenvalue weighted by Gasteiger charge is 2.25. The molecular weight excluding hydrogens is 244 g/mol. The van der Waals surface area contributed by atoms with Crippen LogP contribution in [0, 0.1) is 0 Å². The Balaban J connectivity index is 4.57. The van der Waals surface area contributed by atoms with Gasteiger partial charge in [0.15, 0.2) is 0 Å². The van der Waals surface area contributed by atoms with Gasteiger partial charge in [-0.15, -0.1) is 0 Å². The van der Waals surface area contributed by atoms with Crippen LogP contribution in [-0.4, -0.2) is 69.1 Å². The highest BCUT2D eigenvalue weighted by atomic mass is 32.2. The summed E-state index contributed by atoms with van der Waals surface area (Å²) in [7, 11) is -0.405. The van der Waals surface area contributed by atoms with E-state index in [9.17, 15) is 8.42 Å². The number of hydrogen-bond donors (Lipinski definition) is 1. The molecular formula is C10H24N2O4S. The Labute approximate surface area is 104 Å². The number of aliphatic hydroxyl groups excluding tert-OH is 1. The number of ether oxygens (including phenoxy) is 1. The van der Waals surface area contributed by atoms with Crippen LogP contribution in [0.4, 0.5) is 0 Å². The molecule has 7 heteroatoms. The van der Waals surface area contributed by atoms with Gasteiger partial charge in [-0.05, 0) is 6.42 Å². The molecule has 0 aromatic heterocycles. The van der Waals surface area contributed by atoms with Crippen molar-refractivity contribution in [1.82, 2.24) is 8.61 Å². The van der Waals surface area contributed by atoms with E-state index in [4.69, 9.17) is 9.84 Å². The SMILES string of the molecule is CCCCN(C)S(=O)(=O)N(CCO)CCOC. The van der Waals surface area contributed by atoms with Gasteiger partial charge in [0.1, 0.15) is 0 Å². The Bertz CT molecular complexity index is 282. The van der Waals surface area contributed by atoms with E-state index in [-0.39, 0.29) is 19.7 Å². The Morgan fingerprint density at radius 3 is 2.35 bits per heavy atom. The summed E-state index contributed by atoms with van der Waals surface area (Å²) in [5.41, 5.74) is 0. The average molecular weight is 268 g/mol. The first-order valence-electron chi connectivity index (χ1n) is 5.81. The Morgan fingerprint density at radius 2 is 1.88 bits per heavy atom. The van der Waals surface area contributed by atoms with Crippen molar-refractivity contribution in [3.63, 3.8) is 0 Å². The van der Waals surface area contributed by atoms with Crippen molar-refractivity contribution < 1.29 is 18.3 Å². The van der Waals surface area contributed by atoms with Crippen LogP contribution in [0.25, 0.3) is 0 Å². The zero-order valence-electron chi connectivity index (χ0n) is 10.9. The highest BCUT2D eigenvalue weighted by Crippen LogP contribution is 2.07. The monoisotopic (exact) mass is 268 g/mol. The van der Waals surface area contributed by atoms with Crippen LogP contribution in [0.15, 0.2) is 0 Å². The molecule has 0 saturated heterocycles. The summed E-state index contributed by atoms with van der Waals surface area (Å²) in [6.07, 6.45) is 1.77. The summed E-state index contributed by atoms with van der Waals surface area (Å²) in [6.45, 7) is 2.99. The van der Waals surface area contributed by atoms with Gasteiger partial charge in [-0.3, -0.25) is 0 Å². The molecule has 0 aliphatic heterocycles. The van der Waals surface area contributed by atoms with Crippen LogP contribution in [0.2, 0.25) is 0 Å². The van der Waals surface area contributed by atoms with Gasteiger partial charge < -0.3 is 9.84 Å². The maximum absolute atomic E-state index is 12.1. The molecule has 6 nitrogen and oxygen atoms in total. The number of hydrogen-bond acceptors (Lipinski definition) is 4. The second-order valence-electron chi connectivity index (χ2n) is 3.80. The fourth-order valence-electron chi connectivity index (χ4n) is 1.34. The molecule has 0 atom stereocenters. The fraction of sp³-hybridized carbons (Fsp3) is 1.00. The molecule has 0 aliphatic rings. The molecule has 0 radical (unpaired) electrons. The molecule has 0 rings (SSSR count). The molecule has 0 aromatic carbocycles. The lowest BCUT2D eigenvalue weighted by molar-refractivity contribution is 0.165. The summed E-state index contributed by atoms with van der Waals surface area (Å²) in [6, 6.07) is 0. The molecule has 104 valence electrons. The second kappa shape index (κ2) is 8.82. The molecule has 0 aliphatic carbocycles. The molecule has 0 bridgehead atoms. The average Bonchev–Trinajstić information content (AvgIpc) is 2.31. The van der Waals surface area contributed by atoms with Crippen molar-refractivity contribution >= 4 is 10.2 Å². The number of methoxy groups -OCH3 is 1. The minimum absolute atomic E-state index is 0.0994. The van der Waals surface area contributed by atoms with Crippen molar-refractivity contribution in [3.05, 3.63) is 0 Å². The molecule has 17 heavy (non-hydrogen) atoms. The lowest BCUT2D eigenvalue weighted by Gasteiger charge is -2.26. The minimum atomic E-state index is -3.48. The summed E-state index contributed by atoms with van der Waals surface area (Å²) in [5.74, 6) is 0. The number of nitrogens with zero attached hydrogens (tertiary/aromatic N) is 2. The van der Waals surface area contributed by atoms with Crippen molar-refractivity contribution in [3.8, 4) is 0 Å². The van der Waals surface area contributed by atoms with Crippen LogP contribution in [0.1, 0.15) is 19.8 Å². The lowest BCUT2D eigenvalue weighted by atomic mass is 10.3. The number of rotatable bonds is 10. The van der Waals surface area contributed by atoms with Gasteiger partial charge in [-0.25, -0.2) is 0 Å². The van der Waals surface area contributed by atoms with Crippen LogP contribution in [0.3, 0.4) is 0 Å². The predicted molar refractivity (Wildman–Crippen MR) is 67.0 cm³/mol. The Hall–Kier alpha value is -0.210.